The molecule has 0 aromatic heterocycles. The quantitative estimate of drug-likeness (QED) is 0.799. The van der Waals surface area contributed by atoms with Crippen molar-refractivity contribution in [3.63, 3.8) is 0 Å². The summed E-state index contributed by atoms with van der Waals surface area (Å²) in [6, 6.07) is 5.76. The molecule has 1 amide bonds. The third kappa shape index (κ3) is 6.08. The zero-order valence-electron chi connectivity index (χ0n) is 11.6. The Morgan fingerprint density at radius 2 is 2.16 bits per heavy atom. The normalized spacial score (nSPS) is 9.63. The Kier molecular flexibility index (Phi) is 6.70. The summed E-state index contributed by atoms with van der Waals surface area (Å²) in [6.45, 7) is 4.10. The molecule has 0 saturated heterocycles. The van der Waals surface area contributed by atoms with Crippen LogP contribution in [0.5, 0.6) is 0 Å². The van der Waals surface area contributed by atoms with Crippen molar-refractivity contribution in [2.24, 2.45) is 0 Å². The maximum atomic E-state index is 11.7. The van der Waals surface area contributed by atoms with Gasteiger partial charge >= 0.3 is 0 Å². The van der Waals surface area contributed by atoms with Crippen molar-refractivity contribution in [1.82, 2.24) is 0 Å². The molecular weight excluding hydrogens is 238 g/mol. The first-order valence-corrected chi connectivity index (χ1v) is 6.67. The molecule has 0 heterocycles. The van der Waals surface area contributed by atoms with Crippen molar-refractivity contribution in [3.05, 3.63) is 29.3 Å². The smallest absolute Gasteiger partial charge is 0.224 e. The number of anilines is 1. The first kappa shape index (κ1) is 15.3. The lowest BCUT2D eigenvalue weighted by molar-refractivity contribution is -0.116. The Labute approximate surface area is 115 Å². The van der Waals surface area contributed by atoms with Crippen molar-refractivity contribution in [2.45, 2.75) is 39.5 Å². The molecule has 0 unspecified atom stereocenters. The Morgan fingerprint density at radius 3 is 2.84 bits per heavy atom. The predicted octanol–water partition coefficient (Wildman–Crippen LogP) is 2.86. The molecule has 19 heavy (non-hydrogen) atoms. The van der Waals surface area contributed by atoms with E-state index in [1.165, 1.54) is 0 Å². The molecule has 3 nitrogen and oxygen atoms in total. The Hall–Kier alpha value is -1.79. The minimum Gasteiger partial charge on any atom is -0.395 e. The van der Waals surface area contributed by atoms with Crippen LogP contribution >= 0.6 is 0 Å². The summed E-state index contributed by atoms with van der Waals surface area (Å²) in [5.41, 5.74) is 2.70. The van der Waals surface area contributed by atoms with Crippen LogP contribution in [0.2, 0.25) is 0 Å². The molecule has 102 valence electrons. The molecule has 0 aliphatic carbocycles. The molecule has 1 aromatic rings. The molecule has 2 N–H and O–H groups in total. The van der Waals surface area contributed by atoms with Crippen LogP contribution in [-0.2, 0) is 4.79 Å². The number of aryl methyl sites for hydroxylation is 1. The topological polar surface area (TPSA) is 49.3 Å². The number of amides is 1. The Morgan fingerprint density at radius 1 is 1.37 bits per heavy atom. The van der Waals surface area contributed by atoms with Crippen molar-refractivity contribution in [1.29, 1.82) is 0 Å². The summed E-state index contributed by atoms with van der Waals surface area (Å²) in [5.74, 6) is 5.91. The first-order chi connectivity index (χ1) is 9.15. The molecule has 0 radical (unpaired) electrons. The molecule has 0 bridgehead atoms. The number of carbonyl (C=O) groups is 1. The van der Waals surface area contributed by atoms with E-state index in [0.717, 1.165) is 29.7 Å². The number of carbonyl (C=O) groups excluding carboxylic acids is 1. The van der Waals surface area contributed by atoms with Gasteiger partial charge in [-0.15, -0.1) is 0 Å². The van der Waals surface area contributed by atoms with Crippen LogP contribution in [-0.4, -0.2) is 17.6 Å². The van der Waals surface area contributed by atoms with E-state index in [9.17, 15) is 4.79 Å². The Balaban J connectivity index is 2.74. The summed E-state index contributed by atoms with van der Waals surface area (Å²) < 4.78 is 0. The maximum Gasteiger partial charge on any atom is 0.224 e. The number of hydrogen-bond donors (Lipinski definition) is 2. The molecule has 0 aliphatic heterocycles. The van der Waals surface area contributed by atoms with E-state index < -0.39 is 0 Å². The number of nitrogens with one attached hydrogen (secondary N) is 1. The molecule has 1 rings (SSSR count). The van der Waals surface area contributed by atoms with E-state index in [1.54, 1.807) is 0 Å². The third-order valence-corrected chi connectivity index (χ3v) is 2.59. The number of unbranched alkanes of at least 4 members (excludes halogenated alkanes) is 1. The number of aliphatic hydroxyl groups is 1. The van der Waals surface area contributed by atoms with Gasteiger partial charge in [-0.25, -0.2) is 0 Å². The summed E-state index contributed by atoms with van der Waals surface area (Å²) in [6.07, 6.45) is 2.93. The van der Waals surface area contributed by atoms with Crippen molar-refractivity contribution >= 4 is 11.6 Å². The van der Waals surface area contributed by atoms with Crippen LogP contribution < -0.4 is 5.32 Å². The average Bonchev–Trinajstić information content (AvgIpc) is 2.36. The van der Waals surface area contributed by atoms with E-state index >= 15 is 0 Å². The number of rotatable bonds is 5. The fraction of sp³-hybridized carbons (Fsp3) is 0.438. The van der Waals surface area contributed by atoms with E-state index in [1.807, 2.05) is 25.1 Å². The molecule has 0 aliphatic rings. The predicted molar refractivity (Wildman–Crippen MR) is 77.9 cm³/mol. The summed E-state index contributed by atoms with van der Waals surface area (Å²) in [7, 11) is 0. The second kappa shape index (κ2) is 8.34. The van der Waals surface area contributed by atoms with Crippen LogP contribution in [0.25, 0.3) is 0 Å². The second-order valence-electron chi connectivity index (χ2n) is 4.51. The van der Waals surface area contributed by atoms with Crippen molar-refractivity contribution in [2.75, 3.05) is 11.9 Å². The largest absolute Gasteiger partial charge is 0.395 e. The van der Waals surface area contributed by atoms with Crippen LogP contribution in [0.4, 0.5) is 5.69 Å². The van der Waals surface area contributed by atoms with Gasteiger partial charge in [0, 0.05) is 24.1 Å². The van der Waals surface area contributed by atoms with Gasteiger partial charge in [-0.05, 0) is 37.1 Å². The highest BCUT2D eigenvalue weighted by atomic mass is 16.2. The number of aliphatic hydroxyl groups excluding tert-OH is 1. The number of hydrogen-bond acceptors (Lipinski definition) is 2. The summed E-state index contributed by atoms with van der Waals surface area (Å²) in [4.78, 5) is 11.7. The van der Waals surface area contributed by atoms with Crippen LogP contribution in [0.3, 0.4) is 0 Å². The second-order valence-corrected chi connectivity index (χ2v) is 4.51. The van der Waals surface area contributed by atoms with Gasteiger partial charge in [-0.1, -0.05) is 25.2 Å². The van der Waals surface area contributed by atoms with Gasteiger partial charge in [0.2, 0.25) is 5.91 Å². The van der Waals surface area contributed by atoms with Gasteiger partial charge < -0.3 is 10.4 Å². The van der Waals surface area contributed by atoms with Gasteiger partial charge in [-0.3, -0.25) is 4.79 Å². The molecule has 0 saturated carbocycles. The lowest BCUT2D eigenvalue weighted by atomic mass is 10.1. The molecule has 1 aromatic carbocycles. The zero-order valence-corrected chi connectivity index (χ0v) is 11.6. The van der Waals surface area contributed by atoms with Crippen molar-refractivity contribution in [3.8, 4) is 11.8 Å². The van der Waals surface area contributed by atoms with Crippen LogP contribution in [0.15, 0.2) is 18.2 Å². The summed E-state index contributed by atoms with van der Waals surface area (Å²) >= 11 is 0. The van der Waals surface area contributed by atoms with Gasteiger partial charge in [0.1, 0.15) is 0 Å². The minimum absolute atomic E-state index is 0.0433. The van der Waals surface area contributed by atoms with E-state index in [4.69, 9.17) is 5.11 Å². The maximum absolute atomic E-state index is 11.7. The third-order valence-electron chi connectivity index (χ3n) is 2.59. The van der Waals surface area contributed by atoms with Gasteiger partial charge in [0.15, 0.2) is 0 Å². The van der Waals surface area contributed by atoms with Crippen LogP contribution in [0, 0.1) is 18.8 Å². The van der Waals surface area contributed by atoms with Gasteiger partial charge in [0.05, 0.1) is 6.61 Å². The zero-order chi connectivity index (χ0) is 14.1. The lowest BCUT2D eigenvalue weighted by Crippen LogP contribution is -2.11. The highest BCUT2D eigenvalue weighted by molar-refractivity contribution is 5.90. The highest BCUT2D eigenvalue weighted by Gasteiger charge is 2.03. The molecule has 0 spiro atoms. The van der Waals surface area contributed by atoms with Crippen LogP contribution in [0.1, 0.15) is 43.7 Å². The van der Waals surface area contributed by atoms with E-state index in [0.29, 0.717) is 12.8 Å². The van der Waals surface area contributed by atoms with E-state index in [-0.39, 0.29) is 12.5 Å². The standard InChI is InChI=1S/C16H21NO2/c1-3-4-8-16(19)17-15-11-13(2)10-14(12-15)7-5-6-9-18/h10-12,18H,3-4,6,8-9H2,1-2H3,(H,17,19). The average molecular weight is 259 g/mol. The fourth-order valence-electron chi connectivity index (χ4n) is 1.71. The summed E-state index contributed by atoms with van der Waals surface area (Å²) in [5, 5.41) is 11.6. The molecule has 3 heteroatoms. The lowest BCUT2D eigenvalue weighted by Gasteiger charge is -2.06. The fourth-order valence-corrected chi connectivity index (χ4v) is 1.71. The first-order valence-electron chi connectivity index (χ1n) is 6.67. The number of benzene rings is 1. The van der Waals surface area contributed by atoms with Gasteiger partial charge in [0.25, 0.3) is 0 Å². The minimum atomic E-state index is 0.0433. The highest BCUT2D eigenvalue weighted by Crippen LogP contribution is 2.14. The molecule has 0 atom stereocenters. The molecule has 0 fully saturated rings. The van der Waals surface area contributed by atoms with E-state index in [2.05, 4.69) is 24.1 Å². The van der Waals surface area contributed by atoms with Crippen molar-refractivity contribution < 1.29 is 9.90 Å². The molecular formula is C16H21NO2. The Bertz CT molecular complexity index is 483. The monoisotopic (exact) mass is 259 g/mol. The van der Waals surface area contributed by atoms with Gasteiger partial charge in [-0.2, -0.15) is 0 Å². The SMILES string of the molecule is CCCCC(=O)Nc1cc(C)cc(C#CCCO)c1.